The van der Waals surface area contributed by atoms with Crippen LogP contribution >= 0.6 is 0 Å². The lowest BCUT2D eigenvalue weighted by atomic mass is 9.97. The molecule has 1 atom stereocenters. The van der Waals surface area contributed by atoms with Crippen LogP contribution in [-0.4, -0.2) is 89.8 Å². The Balaban J connectivity index is 0.794. The number of carbonyl (C=O) groups excluding carboxylic acids is 5. The quantitative estimate of drug-likeness (QED) is 0.0611. The van der Waals surface area contributed by atoms with Crippen LogP contribution in [-0.2, 0) is 25.6 Å². The predicted octanol–water partition coefficient (Wildman–Crippen LogP) is 6.31. The number of ether oxygens (including phenoxy) is 3. The highest BCUT2D eigenvalue weighted by Gasteiger charge is 2.45. The summed E-state index contributed by atoms with van der Waals surface area (Å²) < 4.78 is 25.5. The van der Waals surface area contributed by atoms with E-state index >= 15 is 0 Å². The van der Waals surface area contributed by atoms with Crippen LogP contribution < -0.4 is 21.1 Å². The van der Waals surface area contributed by atoms with Crippen LogP contribution in [0.1, 0.15) is 80.2 Å². The minimum absolute atomic E-state index is 0.0621. The normalized spacial score (nSPS) is 15.1. The van der Waals surface area contributed by atoms with Gasteiger partial charge in [-0.2, -0.15) is 0 Å². The highest BCUT2D eigenvalue weighted by Crippen LogP contribution is 2.39. The predicted molar refractivity (Wildman–Crippen MR) is 231 cm³/mol. The van der Waals surface area contributed by atoms with Crippen molar-refractivity contribution in [2.45, 2.75) is 58.5 Å². The molecular weight excluding hydrogens is 793 g/mol. The number of nitrogens with two attached hydrogens (primary N) is 1. The van der Waals surface area contributed by atoms with Gasteiger partial charge in [0.05, 0.1) is 35.6 Å². The molecule has 0 aliphatic carbocycles. The van der Waals surface area contributed by atoms with Crippen molar-refractivity contribution < 1.29 is 42.7 Å². The van der Waals surface area contributed by atoms with E-state index in [4.69, 9.17) is 24.5 Å². The second kappa shape index (κ2) is 18.4. The number of nitrogens with one attached hydrogen (secondary N) is 2. The monoisotopic (exact) mass is 840 g/mol. The average molecular weight is 841 g/mol. The number of hydrogen-bond donors (Lipinski definition) is 3. The van der Waals surface area contributed by atoms with Crippen LogP contribution in [0.3, 0.4) is 0 Å². The lowest BCUT2D eigenvalue weighted by Gasteiger charge is -2.27. The van der Waals surface area contributed by atoms with Crippen LogP contribution in [0.15, 0.2) is 83.4 Å². The van der Waals surface area contributed by atoms with E-state index < -0.39 is 35.6 Å². The number of imide groups is 2. The molecule has 15 nitrogen and oxygen atoms in total. The Kier molecular flexibility index (Phi) is 12.4. The van der Waals surface area contributed by atoms with E-state index in [-0.39, 0.29) is 24.0 Å². The Hall–Kier alpha value is -6.84. The number of piperidine rings is 1. The van der Waals surface area contributed by atoms with Crippen LogP contribution in [0.25, 0.3) is 32.9 Å². The number of carbonyl (C=O) groups is 5. The number of fused-ring (bicyclic) bond motifs is 4. The molecule has 1 fully saturated rings. The Morgan fingerprint density at radius 1 is 0.855 bits per heavy atom. The van der Waals surface area contributed by atoms with Gasteiger partial charge < -0.3 is 34.4 Å². The van der Waals surface area contributed by atoms with Crippen molar-refractivity contribution in [1.29, 1.82) is 0 Å². The molecule has 0 bridgehead atoms. The number of hydrogen-bond acceptors (Lipinski definition) is 11. The molecule has 0 spiro atoms. The molecule has 1 saturated heterocycles. The van der Waals surface area contributed by atoms with Crippen molar-refractivity contribution in [1.82, 2.24) is 19.9 Å². The van der Waals surface area contributed by atoms with Gasteiger partial charge in [-0.05, 0) is 93.1 Å². The second-order valence-electron chi connectivity index (χ2n) is 15.5. The van der Waals surface area contributed by atoms with Gasteiger partial charge in [-0.1, -0.05) is 41.6 Å². The van der Waals surface area contributed by atoms with Gasteiger partial charge in [0.25, 0.3) is 11.8 Å². The molecule has 1 unspecified atom stereocenters. The van der Waals surface area contributed by atoms with Gasteiger partial charge >= 0.3 is 0 Å². The lowest BCUT2D eigenvalue weighted by Crippen LogP contribution is -2.54. The third-order valence-corrected chi connectivity index (χ3v) is 11.3. The molecule has 5 amide bonds. The number of unbranched alkanes of at least 4 members (excludes halogenated alkanes) is 1. The van der Waals surface area contributed by atoms with Gasteiger partial charge in [-0.3, -0.25) is 34.2 Å². The number of amides is 5. The summed E-state index contributed by atoms with van der Waals surface area (Å²) in [5.41, 5.74) is 12.7. The first-order chi connectivity index (χ1) is 30.1. The maximum Gasteiger partial charge on any atom is 0.264 e. The molecule has 62 heavy (non-hydrogen) atoms. The summed E-state index contributed by atoms with van der Waals surface area (Å²) in [7, 11) is 0. The minimum Gasteiger partial charge on any atom is -0.494 e. The minimum atomic E-state index is -1.02. The average Bonchev–Trinajstić information content (AvgIpc) is 3.86. The standard InChI is InChI=1S/C47H48N6O9/c1-28-41(29(2)62-51-28)31-24-35(44(48)55)42-34-26-32(14-15-37(34)52(39(42)25-31)27-30-10-4-3-5-11-30)61-22-7-6-19-59-20-9-21-60-23-18-49-36-13-8-12-33-43(36)47(58)53(46(33)57)38-16-17-40(54)50-45(38)56/h3-5,8,10-15,24-26,38,49H,6-7,9,16-23,27H2,1-2H3,(H2,48,55)(H,50,54,56). The van der Waals surface area contributed by atoms with Gasteiger partial charge in [0.2, 0.25) is 17.7 Å². The third kappa shape index (κ3) is 8.54. The van der Waals surface area contributed by atoms with E-state index in [9.17, 15) is 24.0 Å². The fourth-order valence-electron chi connectivity index (χ4n) is 8.35. The first-order valence-corrected chi connectivity index (χ1v) is 20.8. The molecule has 4 aromatic carbocycles. The summed E-state index contributed by atoms with van der Waals surface area (Å²) >= 11 is 0. The largest absolute Gasteiger partial charge is 0.494 e. The molecule has 0 saturated carbocycles. The van der Waals surface area contributed by atoms with Crippen molar-refractivity contribution in [2.75, 3.05) is 44.9 Å². The summed E-state index contributed by atoms with van der Waals surface area (Å²) in [5, 5.41) is 11.2. The maximum atomic E-state index is 13.3. The number of primary amides is 1. The van der Waals surface area contributed by atoms with Gasteiger partial charge in [0.1, 0.15) is 17.6 Å². The SMILES string of the molecule is Cc1noc(C)c1-c1cc(C(N)=O)c2c3cc(OCCCCOCCCOCCNc4cccc5c4C(=O)N(C4CCC(=O)NC4=O)C5=O)ccc3n(Cc3ccccc3)c2c1. The fraction of sp³-hybridized carbons (Fsp3) is 0.319. The van der Waals surface area contributed by atoms with Crippen molar-refractivity contribution in [3.05, 3.63) is 113 Å². The van der Waals surface area contributed by atoms with Crippen molar-refractivity contribution in [2.24, 2.45) is 5.73 Å². The summed E-state index contributed by atoms with van der Waals surface area (Å²) in [6.07, 6.45) is 2.46. The van der Waals surface area contributed by atoms with Crippen LogP contribution in [0.4, 0.5) is 5.69 Å². The smallest absolute Gasteiger partial charge is 0.264 e. The Bertz CT molecular complexity index is 2670. The molecule has 2 aliphatic heterocycles. The van der Waals surface area contributed by atoms with Gasteiger partial charge in [-0.25, -0.2) is 0 Å². The maximum absolute atomic E-state index is 13.3. The van der Waals surface area contributed by atoms with Gasteiger partial charge in [0.15, 0.2) is 0 Å². The van der Waals surface area contributed by atoms with Gasteiger partial charge in [-0.15, -0.1) is 0 Å². The zero-order valence-corrected chi connectivity index (χ0v) is 34.7. The Labute approximate surface area is 357 Å². The molecule has 2 aliphatic rings. The first-order valence-electron chi connectivity index (χ1n) is 20.8. The van der Waals surface area contributed by atoms with E-state index in [0.29, 0.717) is 75.3 Å². The fourth-order valence-corrected chi connectivity index (χ4v) is 8.35. The highest BCUT2D eigenvalue weighted by molar-refractivity contribution is 6.25. The van der Waals surface area contributed by atoms with E-state index in [1.54, 1.807) is 18.2 Å². The Morgan fingerprint density at radius 2 is 1.63 bits per heavy atom. The molecule has 4 N–H and O–H groups in total. The summed E-state index contributed by atoms with van der Waals surface area (Å²) in [4.78, 5) is 64.3. The van der Waals surface area contributed by atoms with Gasteiger partial charge in [0, 0.05) is 72.4 Å². The van der Waals surface area contributed by atoms with Crippen LogP contribution in [0, 0.1) is 13.8 Å². The molecule has 6 aromatic rings. The number of benzene rings is 4. The van der Waals surface area contributed by atoms with E-state index in [0.717, 1.165) is 61.9 Å². The number of nitrogens with zero attached hydrogens (tertiary/aromatic N) is 3. The highest BCUT2D eigenvalue weighted by atomic mass is 16.5. The third-order valence-electron chi connectivity index (χ3n) is 11.3. The van der Waals surface area contributed by atoms with Crippen LogP contribution in [0.5, 0.6) is 5.75 Å². The topological polar surface area (TPSA) is 197 Å². The molecule has 0 radical (unpaired) electrons. The van der Waals surface area contributed by atoms with E-state index in [2.05, 4.69) is 38.6 Å². The summed E-state index contributed by atoms with van der Waals surface area (Å²) in [6, 6.07) is 24.0. The second-order valence-corrected chi connectivity index (χ2v) is 15.5. The number of rotatable bonds is 19. The molecular formula is C47H48N6O9. The van der Waals surface area contributed by atoms with E-state index in [1.807, 2.05) is 56.3 Å². The van der Waals surface area contributed by atoms with Crippen molar-refractivity contribution >= 4 is 57.0 Å². The molecule has 15 heteroatoms. The van der Waals surface area contributed by atoms with Crippen molar-refractivity contribution in [3.8, 4) is 16.9 Å². The number of aromatic nitrogens is 2. The van der Waals surface area contributed by atoms with Crippen LogP contribution in [0.2, 0.25) is 0 Å². The summed E-state index contributed by atoms with van der Waals surface area (Å²) in [5.74, 6) is -1.33. The molecule has 4 heterocycles. The Morgan fingerprint density at radius 3 is 2.39 bits per heavy atom. The molecule has 2 aromatic heterocycles. The van der Waals surface area contributed by atoms with Crippen molar-refractivity contribution in [3.63, 3.8) is 0 Å². The lowest BCUT2D eigenvalue weighted by molar-refractivity contribution is -0.136. The first kappa shape index (κ1) is 41.9. The molecule has 8 rings (SSSR count). The summed E-state index contributed by atoms with van der Waals surface area (Å²) in [6.45, 7) is 7.19. The number of aryl methyl sites for hydroxylation is 2. The number of anilines is 1. The van der Waals surface area contributed by atoms with E-state index in [1.165, 1.54) is 0 Å². The molecule has 320 valence electrons. The zero-order chi connectivity index (χ0) is 43.3. The zero-order valence-electron chi connectivity index (χ0n) is 34.7.